The number of benzene rings is 1. The zero-order valence-electron chi connectivity index (χ0n) is 8.07. The van der Waals surface area contributed by atoms with Crippen molar-refractivity contribution in [2.24, 2.45) is 0 Å². The van der Waals surface area contributed by atoms with Crippen molar-refractivity contribution in [3.63, 3.8) is 0 Å². The Morgan fingerprint density at radius 3 is 2.33 bits per heavy atom. The molecule has 0 aliphatic rings. The van der Waals surface area contributed by atoms with E-state index < -0.39 is 10.0 Å². The van der Waals surface area contributed by atoms with Crippen molar-refractivity contribution >= 4 is 41.9 Å². The number of halogens is 2. The third-order valence-corrected chi connectivity index (χ3v) is 3.97. The number of rotatable bonds is 4. The van der Waals surface area contributed by atoms with Crippen LogP contribution < -0.4 is 4.72 Å². The average molecular weight is 357 g/mol. The molecule has 0 bridgehead atoms. The number of sulfonamides is 1. The van der Waals surface area contributed by atoms with E-state index in [1.54, 1.807) is 24.3 Å². The summed E-state index contributed by atoms with van der Waals surface area (Å²) in [5.74, 6) is 0. The largest absolute Gasteiger partial charge is 0.240 e. The Bertz CT molecular complexity index is 414. The third kappa shape index (κ3) is 4.22. The van der Waals surface area contributed by atoms with Crippen molar-refractivity contribution in [3.05, 3.63) is 28.7 Å². The first-order valence-corrected chi connectivity index (χ1v) is 7.50. The Labute approximate surface area is 107 Å². The molecule has 0 amide bonds. The van der Waals surface area contributed by atoms with E-state index in [1.165, 1.54) is 0 Å². The van der Waals surface area contributed by atoms with Gasteiger partial charge in [0.05, 0.1) is 4.90 Å². The van der Waals surface area contributed by atoms with Crippen molar-refractivity contribution in [1.82, 2.24) is 4.72 Å². The van der Waals surface area contributed by atoms with Crippen LogP contribution in [0.15, 0.2) is 33.6 Å². The van der Waals surface area contributed by atoms with Gasteiger partial charge in [-0.2, -0.15) is 0 Å². The van der Waals surface area contributed by atoms with Crippen molar-refractivity contribution < 1.29 is 8.42 Å². The van der Waals surface area contributed by atoms with Crippen LogP contribution in [-0.4, -0.2) is 19.8 Å². The monoisotopic (exact) mass is 355 g/mol. The minimum atomic E-state index is -3.37. The summed E-state index contributed by atoms with van der Waals surface area (Å²) in [4.78, 5) is 0.390. The Morgan fingerprint density at radius 1 is 1.33 bits per heavy atom. The summed E-state index contributed by atoms with van der Waals surface area (Å²) in [5.41, 5.74) is 0. The predicted molar refractivity (Wildman–Crippen MR) is 67.7 cm³/mol. The fourth-order valence-corrected chi connectivity index (χ4v) is 2.69. The van der Waals surface area contributed by atoms with E-state index >= 15 is 0 Å². The molecular weight excluding hydrogens is 346 g/mol. The van der Waals surface area contributed by atoms with E-state index in [4.69, 9.17) is 0 Å². The Morgan fingerprint density at radius 2 is 1.87 bits per heavy atom. The van der Waals surface area contributed by atoms with Gasteiger partial charge in [-0.15, -0.1) is 0 Å². The molecule has 1 aromatic rings. The predicted octanol–water partition coefficient (Wildman–Crippen LogP) is 2.51. The lowest BCUT2D eigenvalue weighted by atomic mass is 10.4. The van der Waals surface area contributed by atoms with Gasteiger partial charge < -0.3 is 0 Å². The van der Waals surface area contributed by atoms with Crippen LogP contribution in [-0.2, 0) is 10.0 Å². The number of hydrogen-bond acceptors (Lipinski definition) is 2. The van der Waals surface area contributed by atoms with E-state index in [-0.39, 0.29) is 9.72 Å². The van der Waals surface area contributed by atoms with Gasteiger partial charge in [-0.05, 0) is 24.3 Å². The summed E-state index contributed by atoms with van der Waals surface area (Å²) >= 11 is 6.53. The molecule has 84 valence electrons. The van der Waals surface area contributed by atoms with Gasteiger partial charge in [-0.1, -0.05) is 38.8 Å². The number of alkyl halides is 1. The molecule has 0 aliphatic carbocycles. The molecule has 0 radical (unpaired) electrons. The van der Waals surface area contributed by atoms with E-state index in [2.05, 4.69) is 36.6 Å². The maximum atomic E-state index is 11.7. The zero-order chi connectivity index (χ0) is 11.5. The maximum absolute atomic E-state index is 11.7. The molecule has 3 nitrogen and oxygen atoms in total. The fraction of sp³-hybridized carbons (Fsp3) is 0.333. The van der Waals surface area contributed by atoms with Crippen molar-refractivity contribution in [2.75, 3.05) is 6.54 Å². The van der Waals surface area contributed by atoms with Crippen LogP contribution in [0.5, 0.6) is 0 Å². The summed E-state index contributed by atoms with van der Waals surface area (Å²) in [6, 6.07) is 6.52. The number of hydrogen-bond donors (Lipinski definition) is 1. The molecule has 0 heterocycles. The normalized spacial score (nSPS) is 13.8. The van der Waals surface area contributed by atoms with Crippen LogP contribution in [0.25, 0.3) is 0 Å². The second-order valence-electron chi connectivity index (χ2n) is 3.09. The van der Waals surface area contributed by atoms with Gasteiger partial charge in [0.2, 0.25) is 10.0 Å². The van der Waals surface area contributed by atoms with Gasteiger partial charge in [0.25, 0.3) is 0 Å². The first-order chi connectivity index (χ1) is 6.92. The lowest BCUT2D eigenvalue weighted by molar-refractivity contribution is 0.581. The van der Waals surface area contributed by atoms with E-state index in [9.17, 15) is 8.42 Å². The van der Waals surface area contributed by atoms with E-state index in [0.29, 0.717) is 6.54 Å². The Hall–Kier alpha value is 0.0900. The average Bonchev–Trinajstić information content (AvgIpc) is 2.16. The quantitative estimate of drug-likeness (QED) is 0.842. The van der Waals surface area contributed by atoms with Crippen LogP contribution in [0.1, 0.15) is 6.92 Å². The SMILES string of the molecule is CC(Br)CNS(=O)(=O)c1ccc(Br)cc1. The molecule has 1 aromatic carbocycles. The standard InChI is InChI=1S/C9H11Br2NO2S/c1-7(10)6-12-15(13,14)9-4-2-8(11)3-5-9/h2-5,7,12H,6H2,1H3. The molecule has 1 atom stereocenters. The first kappa shape index (κ1) is 13.2. The Kier molecular flexibility index (Phi) is 4.76. The summed E-state index contributed by atoms with van der Waals surface area (Å²) < 4.78 is 26.8. The summed E-state index contributed by atoms with van der Waals surface area (Å²) in [7, 11) is -3.37. The summed E-state index contributed by atoms with van der Waals surface area (Å²) in [6.07, 6.45) is 0. The van der Waals surface area contributed by atoms with Gasteiger partial charge in [0.15, 0.2) is 0 Å². The highest BCUT2D eigenvalue weighted by Gasteiger charge is 2.13. The van der Waals surface area contributed by atoms with Gasteiger partial charge in [0, 0.05) is 15.8 Å². The van der Waals surface area contributed by atoms with Gasteiger partial charge >= 0.3 is 0 Å². The molecule has 0 aliphatic heterocycles. The molecule has 0 spiro atoms. The van der Waals surface area contributed by atoms with E-state index in [0.717, 1.165) is 4.47 Å². The highest BCUT2D eigenvalue weighted by Crippen LogP contribution is 2.14. The Balaban J connectivity index is 2.82. The summed E-state index contributed by atoms with van der Waals surface area (Å²) in [6.45, 7) is 2.25. The van der Waals surface area contributed by atoms with Gasteiger partial charge in [-0.25, -0.2) is 13.1 Å². The van der Waals surface area contributed by atoms with Crippen LogP contribution in [0.3, 0.4) is 0 Å². The highest BCUT2D eigenvalue weighted by molar-refractivity contribution is 9.10. The van der Waals surface area contributed by atoms with Crippen LogP contribution in [0.2, 0.25) is 0 Å². The number of nitrogens with one attached hydrogen (secondary N) is 1. The molecule has 1 unspecified atom stereocenters. The lowest BCUT2D eigenvalue weighted by Crippen LogP contribution is -2.28. The third-order valence-electron chi connectivity index (χ3n) is 1.68. The molecule has 0 saturated carbocycles. The molecule has 15 heavy (non-hydrogen) atoms. The smallest absolute Gasteiger partial charge is 0.210 e. The summed E-state index contributed by atoms with van der Waals surface area (Å²) in [5, 5.41) is 0. The van der Waals surface area contributed by atoms with Crippen LogP contribution >= 0.6 is 31.9 Å². The lowest BCUT2D eigenvalue weighted by Gasteiger charge is -2.07. The molecule has 0 saturated heterocycles. The van der Waals surface area contributed by atoms with Gasteiger partial charge in [0.1, 0.15) is 0 Å². The molecule has 1 rings (SSSR count). The van der Waals surface area contributed by atoms with Crippen LogP contribution in [0, 0.1) is 0 Å². The second-order valence-corrected chi connectivity index (χ2v) is 7.33. The minimum Gasteiger partial charge on any atom is -0.210 e. The van der Waals surface area contributed by atoms with E-state index in [1.807, 2.05) is 6.92 Å². The fourth-order valence-electron chi connectivity index (χ4n) is 0.922. The molecule has 0 fully saturated rings. The highest BCUT2D eigenvalue weighted by atomic mass is 79.9. The van der Waals surface area contributed by atoms with Crippen molar-refractivity contribution in [1.29, 1.82) is 0 Å². The zero-order valence-corrected chi connectivity index (χ0v) is 12.1. The molecular formula is C9H11Br2NO2S. The first-order valence-electron chi connectivity index (χ1n) is 4.31. The molecule has 1 N–H and O–H groups in total. The molecule has 0 aromatic heterocycles. The second kappa shape index (κ2) is 5.43. The van der Waals surface area contributed by atoms with Crippen molar-refractivity contribution in [3.8, 4) is 0 Å². The minimum absolute atomic E-state index is 0.114. The van der Waals surface area contributed by atoms with Crippen molar-refractivity contribution in [2.45, 2.75) is 16.6 Å². The van der Waals surface area contributed by atoms with Crippen LogP contribution in [0.4, 0.5) is 0 Å². The molecule has 6 heteroatoms. The maximum Gasteiger partial charge on any atom is 0.240 e. The topological polar surface area (TPSA) is 46.2 Å². The van der Waals surface area contributed by atoms with Gasteiger partial charge in [-0.3, -0.25) is 0 Å².